The van der Waals surface area contributed by atoms with Crippen LogP contribution in [0.5, 0.6) is 0 Å². The molecule has 2 atom stereocenters. The molecule has 1 N–H and O–H groups in total. The summed E-state index contributed by atoms with van der Waals surface area (Å²) in [6, 6.07) is 23.4. The number of hydrogen-bond acceptors (Lipinski definition) is 4. The summed E-state index contributed by atoms with van der Waals surface area (Å²) in [6.07, 6.45) is 2.12. The molecule has 0 aliphatic rings. The van der Waals surface area contributed by atoms with E-state index in [1.807, 2.05) is 94.4 Å². The number of nitrogens with zero attached hydrogens (tertiary/aromatic N) is 2. The molecule has 0 aliphatic heterocycles. The zero-order chi connectivity index (χ0) is 30.2. The lowest BCUT2D eigenvalue weighted by molar-refractivity contribution is -0.140. The molecule has 9 heteroatoms. The standard InChI is InChI=1S/C32H40BrN3O4S/c1-6-24(4)34-32(38)30(20-25-12-8-7-9-13-25)35(21-26-16-18-27(33)19-17-26)31(37)22-36(41(5,39)40)29-15-11-10-14-28(29)23(2)3/h7-19,23-24,30H,6,20-22H2,1-5H3,(H,34,38)/t24-,30-/m1/s1. The lowest BCUT2D eigenvalue weighted by Crippen LogP contribution is -2.54. The Morgan fingerprint density at radius 3 is 2.07 bits per heavy atom. The highest BCUT2D eigenvalue weighted by atomic mass is 79.9. The van der Waals surface area contributed by atoms with Gasteiger partial charge in [-0.1, -0.05) is 97.4 Å². The number of hydrogen-bond donors (Lipinski definition) is 1. The van der Waals surface area contributed by atoms with Gasteiger partial charge in [0.25, 0.3) is 0 Å². The number of rotatable bonds is 13. The molecule has 0 saturated heterocycles. The number of benzene rings is 3. The van der Waals surface area contributed by atoms with Gasteiger partial charge in [0.15, 0.2) is 0 Å². The molecular formula is C32H40BrN3O4S. The topological polar surface area (TPSA) is 86.8 Å². The fourth-order valence-corrected chi connectivity index (χ4v) is 5.71. The molecule has 0 heterocycles. The third kappa shape index (κ3) is 9.16. The van der Waals surface area contributed by atoms with Crippen molar-refractivity contribution in [2.75, 3.05) is 17.1 Å². The van der Waals surface area contributed by atoms with Crippen molar-refractivity contribution in [2.24, 2.45) is 0 Å². The van der Waals surface area contributed by atoms with Gasteiger partial charge < -0.3 is 10.2 Å². The van der Waals surface area contributed by atoms with E-state index in [0.29, 0.717) is 5.69 Å². The molecule has 3 aromatic carbocycles. The van der Waals surface area contributed by atoms with E-state index in [1.165, 1.54) is 4.90 Å². The van der Waals surface area contributed by atoms with Crippen LogP contribution in [0.25, 0.3) is 0 Å². The number of carbonyl (C=O) groups is 2. The Morgan fingerprint density at radius 1 is 0.878 bits per heavy atom. The zero-order valence-electron chi connectivity index (χ0n) is 24.4. The van der Waals surface area contributed by atoms with E-state index in [1.54, 1.807) is 12.1 Å². The molecule has 3 aromatic rings. The SMILES string of the molecule is CC[C@@H](C)NC(=O)[C@@H](Cc1ccccc1)N(Cc1ccc(Br)cc1)C(=O)CN(c1ccccc1C(C)C)S(C)(=O)=O. The Hall–Kier alpha value is -3.17. The summed E-state index contributed by atoms with van der Waals surface area (Å²) in [5.74, 6) is -0.698. The van der Waals surface area contributed by atoms with Crippen LogP contribution in [0.2, 0.25) is 0 Å². The minimum atomic E-state index is -3.83. The fraction of sp³-hybridized carbons (Fsp3) is 0.375. The van der Waals surface area contributed by atoms with Crippen molar-refractivity contribution in [1.29, 1.82) is 0 Å². The summed E-state index contributed by atoms with van der Waals surface area (Å²) >= 11 is 3.45. The van der Waals surface area contributed by atoms with Gasteiger partial charge in [0.05, 0.1) is 11.9 Å². The average molecular weight is 643 g/mol. The third-order valence-corrected chi connectivity index (χ3v) is 8.70. The number of amides is 2. The highest BCUT2D eigenvalue weighted by molar-refractivity contribution is 9.10. The maximum Gasteiger partial charge on any atom is 0.244 e. The smallest absolute Gasteiger partial charge is 0.244 e. The van der Waals surface area contributed by atoms with Crippen molar-refractivity contribution in [2.45, 2.75) is 65.1 Å². The molecule has 0 saturated carbocycles. The van der Waals surface area contributed by atoms with E-state index in [0.717, 1.165) is 38.1 Å². The number of anilines is 1. The monoisotopic (exact) mass is 641 g/mol. The second-order valence-corrected chi connectivity index (χ2v) is 13.5. The number of sulfonamides is 1. The Kier molecular flexibility index (Phi) is 11.5. The third-order valence-electron chi connectivity index (χ3n) is 7.04. The Labute approximate surface area is 253 Å². The minimum absolute atomic E-state index is 0.0385. The van der Waals surface area contributed by atoms with Gasteiger partial charge in [0.2, 0.25) is 21.8 Å². The van der Waals surface area contributed by atoms with Crippen molar-refractivity contribution in [3.8, 4) is 0 Å². The van der Waals surface area contributed by atoms with Crippen molar-refractivity contribution >= 4 is 43.5 Å². The van der Waals surface area contributed by atoms with Crippen molar-refractivity contribution in [3.63, 3.8) is 0 Å². The number of nitrogens with one attached hydrogen (secondary N) is 1. The summed E-state index contributed by atoms with van der Waals surface area (Å²) in [6.45, 7) is 7.58. The van der Waals surface area contributed by atoms with Gasteiger partial charge in [-0.2, -0.15) is 0 Å². The second-order valence-electron chi connectivity index (χ2n) is 10.7. The Bertz CT molecular complexity index is 1410. The normalized spacial score (nSPS) is 13.0. The highest BCUT2D eigenvalue weighted by Gasteiger charge is 2.34. The lowest BCUT2D eigenvalue weighted by atomic mass is 10.0. The predicted octanol–water partition coefficient (Wildman–Crippen LogP) is 5.89. The molecule has 0 fully saturated rings. The average Bonchev–Trinajstić information content (AvgIpc) is 2.94. The van der Waals surface area contributed by atoms with E-state index in [4.69, 9.17) is 0 Å². The van der Waals surface area contributed by atoms with E-state index < -0.39 is 28.5 Å². The van der Waals surface area contributed by atoms with Gasteiger partial charge in [-0.15, -0.1) is 0 Å². The molecule has 220 valence electrons. The van der Waals surface area contributed by atoms with Gasteiger partial charge in [0.1, 0.15) is 12.6 Å². The van der Waals surface area contributed by atoms with E-state index in [2.05, 4.69) is 21.2 Å². The molecular weight excluding hydrogens is 602 g/mol. The van der Waals surface area contributed by atoms with Crippen LogP contribution in [0.3, 0.4) is 0 Å². The van der Waals surface area contributed by atoms with E-state index in [9.17, 15) is 18.0 Å². The number of carbonyl (C=O) groups excluding carboxylic acids is 2. The minimum Gasteiger partial charge on any atom is -0.352 e. The molecule has 41 heavy (non-hydrogen) atoms. The van der Waals surface area contributed by atoms with Crippen LogP contribution in [0.1, 0.15) is 56.7 Å². The maximum absolute atomic E-state index is 14.2. The van der Waals surface area contributed by atoms with Crippen molar-refractivity contribution in [1.82, 2.24) is 10.2 Å². The molecule has 0 aromatic heterocycles. The van der Waals surface area contributed by atoms with Crippen LogP contribution in [-0.4, -0.2) is 50.0 Å². The summed E-state index contributed by atoms with van der Waals surface area (Å²) < 4.78 is 28.3. The molecule has 0 spiro atoms. The molecule has 7 nitrogen and oxygen atoms in total. The summed E-state index contributed by atoms with van der Waals surface area (Å²) in [4.78, 5) is 29.5. The molecule has 2 amide bonds. The first kappa shape index (κ1) is 32.3. The van der Waals surface area contributed by atoms with Gasteiger partial charge in [0, 0.05) is 23.5 Å². The number of halogens is 1. The molecule has 0 aliphatic carbocycles. The summed E-state index contributed by atoms with van der Waals surface area (Å²) in [7, 11) is -3.83. The van der Waals surface area contributed by atoms with Crippen molar-refractivity contribution < 1.29 is 18.0 Å². The molecule has 0 unspecified atom stereocenters. The van der Waals surface area contributed by atoms with E-state index >= 15 is 0 Å². The number of para-hydroxylation sites is 1. The molecule has 0 radical (unpaired) electrons. The van der Waals surface area contributed by atoms with Gasteiger partial charge in [-0.25, -0.2) is 8.42 Å². The van der Waals surface area contributed by atoms with Crippen LogP contribution in [0, 0.1) is 0 Å². The fourth-order valence-electron chi connectivity index (χ4n) is 4.58. The quantitative estimate of drug-likeness (QED) is 0.252. The van der Waals surface area contributed by atoms with Crippen LogP contribution in [0.4, 0.5) is 5.69 Å². The maximum atomic E-state index is 14.2. The zero-order valence-corrected chi connectivity index (χ0v) is 26.8. The van der Waals surface area contributed by atoms with Gasteiger partial charge >= 0.3 is 0 Å². The van der Waals surface area contributed by atoms with Crippen LogP contribution in [-0.2, 0) is 32.6 Å². The summed E-state index contributed by atoms with van der Waals surface area (Å²) in [5.41, 5.74) is 3.01. The predicted molar refractivity (Wildman–Crippen MR) is 169 cm³/mol. The first-order valence-corrected chi connectivity index (χ1v) is 16.5. The largest absolute Gasteiger partial charge is 0.352 e. The van der Waals surface area contributed by atoms with Crippen LogP contribution in [0.15, 0.2) is 83.3 Å². The Morgan fingerprint density at radius 2 is 1.49 bits per heavy atom. The van der Waals surface area contributed by atoms with Crippen LogP contribution < -0.4 is 9.62 Å². The first-order chi connectivity index (χ1) is 19.4. The van der Waals surface area contributed by atoms with Gasteiger partial charge in [-0.3, -0.25) is 13.9 Å². The second kappa shape index (κ2) is 14.6. The molecule has 3 rings (SSSR count). The van der Waals surface area contributed by atoms with Gasteiger partial charge in [-0.05, 0) is 54.2 Å². The Balaban J connectivity index is 2.09. The molecule has 0 bridgehead atoms. The van der Waals surface area contributed by atoms with Crippen LogP contribution >= 0.6 is 15.9 Å². The summed E-state index contributed by atoms with van der Waals surface area (Å²) in [5, 5.41) is 3.05. The lowest BCUT2D eigenvalue weighted by Gasteiger charge is -2.34. The van der Waals surface area contributed by atoms with Crippen molar-refractivity contribution in [3.05, 3.63) is 100 Å². The first-order valence-electron chi connectivity index (χ1n) is 13.9. The highest BCUT2D eigenvalue weighted by Crippen LogP contribution is 2.29. The van der Waals surface area contributed by atoms with E-state index in [-0.39, 0.29) is 30.8 Å².